The van der Waals surface area contributed by atoms with Gasteiger partial charge in [0.05, 0.1) is 8.07 Å². The monoisotopic (exact) mass is 312 g/mol. The maximum atomic E-state index is 2.41. The third-order valence-electron chi connectivity index (χ3n) is 5.01. The van der Waals surface area contributed by atoms with Gasteiger partial charge in [-0.15, -0.1) is 0 Å². The zero-order chi connectivity index (χ0) is 16.5. The topological polar surface area (TPSA) is 0 Å². The van der Waals surface area contributed by atoms with E-state index < -0.39 is 8.07 Å². The Balaban J connectivity index is 4.85. The van der Waals surface area contributed by atoms with Crippen molar-refractivity contribution in [2.45, 2.75) is 105 Å². The molecular formula is C20H44Si. The first kappa shape index (κ1) is 21.2. The Kier molecular flexibility index (Phi) is 11.0. The summed E-state index contributed by atoms with van der Waals surface area (Å²) in [6.45, 7) is 19.3. The molecule has 0 aromatic rings. The van der Waals surface area contributed by atoms with Crippen LogP contribution < -0.4 is 0 Å². The van der Waals surface area contributed by atoms with Crippen LogP contribution in [0.25, 0.3) is 0 Å². The summed E-state index contributed by atoms with van der Waals surface area (Å²) in [6, 6.07) is 6.38. The van der Waals surface area contributed by atoms with E-state index in [4.69, 9.17) is 0 Å². The Labute approximate surface area is 137 Å². The molecule has 0 amide bonds. The zero-order valence-electron chi connectivity index (χ0n) is 16.5. The van der Waals surface area contributed by atoms with Crippen molar-refractivity contribution in [2.24, 2.45) is 23.7 Å². The lowest BCUT2D eigenvalue weighted by atomic mass is 10.1. The van der Waals surface area contributed by atoms with E-state index >= 15 is 0 Å². The average molecular weight is 313 g/mol. The van der Waals surface area contributed by atoms with E-state index in [1.54, 1.807) is 24.2 Å². The van der Waals surface area contributed by atoms with Crippen molar-refractivity contribution in [3.05, 3.63) is 0 Å². The van der Waals surface area contributed by atoms with Gasteiger partial charge in [-0.2, -0.15) is 0 Å². The van der Waals surface area contributed by atoms with Crippen molar-refractivity contribution >= 4 is 8.07 Å². The quantitative estimate of drug-likeness (QED) is 0.325. The van der Waals surface area contributed by atoms with Crippen molar-refractivity contribution in [1.82, 2.24) is 0 Å². The van der Waals surface area contributed by atoms with Crippen LogP contribution in [0.1, 0.15) is 81.1 Å². The standard InChI is InChI=1S/C20H44Si/c1-17(2)9-13-21(14-10-18(3)4,15-11-19(5)6)16-12-20(7)8/h17-20H,9-16H2,1-8H3. The minimum absolute atomic E-state index is 0.883. The van der Waals surface area contributed by atoms with Gasteiger partial charge in [0.2, 0.25) is 0 Å². The fourth-order valence-corrected chi connectivity index (χ4v) is 9.39. The summed E-state index contributed by atoms with van der Waals surface area (Å²) in [4.78, 5) is 0. The van der Waals surface area contributed by atoms with E-state index in [-0.39, 0.29) is 0 Å². The molecule has 0 bridgehead atoms. The van der Waals surface area contributed by atoms with Crippen LogP contribution in [0.2, 0.25) is 24.2 Å². The van der Waals surface area contributed by atoms with Crippen molar-refractivity contribution in [3.8, 4) is 0 Å². The third-order valence-corrected chi connectivity index (χ3v) is 10.4. The first-order chi connectivity index (χ1) is 9.67. The second kappa shape index (κ2) is 10.9. The van der Waals surface area contributed by atoms with E-state index in [9.17, 15) is 0 Å². The van der Waals surface area contributed by atoms with Crippen LogP contribution in [0, 0.1) is 23.7 Å². The number of rotatable bonds is 12. The van der Waals surface area contributed by atoms with Crippen molar-refractivity contribution in [3.63, 3.8) is 0 Å². The van der Waals surface area contributed by atoms with Gasteiger partial charge in [-0.05, 0) is 23.7 Å². The predicted molar refractivity (Wildman–Crippen MR) is 103 cm³/mol. The fourth-order valence-electron chi connectivity index (χ4n) is 3.13. The predicted octanol–water partition coefficient (Wildman–Crippen LogP) is 7.62. The maximum absolute atomic E-state index is 2.41. The molecule has 0 saturated carbocycles. The number of hydrogen-bond acceptors (Lipinski definition) is 0. The summed E-state index contributed by atoms with van der Waals surface area (Å²) in [6.07, 6.45) is 5.89. The van der Waals surface area contributed by atoms with Crippen LogP contribution >= 0.6 is 0 Å². The van der Waals surface area contributed by atoms with Crippen molar-refractivity contribution in [1.29, 1.82) is 0 Å². The van der Waals surface area contributed by atoms with Crippen LogP contribution in [0.5, 0.6) is 0 Å². The molecule has 0 aliphatic carbocycles. The Bertz CT molecular complexity index is 187. The van der Waals surface area contributed by atoms with E-state index in [0.717, 1.165) is 23.7 Å². The van der Waals surface area contributed by atoms with E-state index in [0.29, 0.717) is 0 Å². The second-order valence-corrected chi connectivity index (χ2v) is 14.2. The molecule has 0 unspecified atom stereocenters. The molecule has 1 heteroatoms. The van der Waals surface area contributed by atoms with E-state index in [1.165, 1.54) is 25.7 Å². The average Bonchev–Trinajstić information content (AvgIpc) is 2.36. The van der Waals surface area contributed by atoms with Gasteiger partial charge in [0, 0.05) is 0 Å². The molecule has 0 atom stereocenters. The lowest BCUT2D eigenvalue weighted by molar-refractivity contribution is 0.568. The summed E-state index contributed by atoms with van der Waals surface area (Å²) < 4.78 is 0. The highest BCUT2D eigenvalue weighted by molar-refractivity contribution is 6.79. The Morgan fingerprint density at radius 1 is 0.429 bits per heavy atom. The molecule has 0 N–H and O–H groups in total. The molecule has 0 aromatic heterocycles. The van der Waals surface area contributed by atoms with Crippen LogP contribution in [-0.2, 0) is 0 Å². The molecule has 0 spiro atoms. The van der Waals surface area contributed by atoms with Gasteiger partial charge in [-0.25, -0.2) is 0 Å². The van der Waals surface area contributed by atoms with Gasteiger partial charge in [0.25, 0.3) is 0 Å². The summed E-state index contributed by atoms with van der Waals surface area (Å²) in [5, 5.41) is 0. The smallest absolute Gasteiger partial charge is 0.0536 e. The molecule has 0 aliphatic heterocycles. The highest BCUT2D eigenvalue weighted by Crippen LogP contribution is 2.36. The minimum Gasteiger partial charge on any atom is -0.0628 e. The molecule has 0 fully saturated rings. The summed E-state index contributed by atoms with van der Waals surface area (Å²) in [5.41, 5.74) is 0. The molecule has 0 heterocycles. The molecule has 0 saturated heterocycles. The van der Waals surface area contributed by atoms with Gasteiger partial charge < -0.3 is 0 Å². The lowest BCUT2D eigenvalue weighted by Gasteiger charge is -2.35. The molecule has 128 valence electrons. The van der Waals surface area contributed by atoms with Crippen LogP contribution in [0.3, 0.4) is 0 Å². The molecule has 0 aromatic carbocycles. The maximum Gasteiger partial charge on any atom is 0.0536 e. The van der Waals surface area contributed by atoms with Gasteiger partial charge >= 0.3 is 0 Å². The molecule has 0 rings (SSSR count). The molecule has 21 heavy (non-hydrogen) atoms. The minimum atomic E-state index is -1.05. The first-order valence-electron chi connectivity index (χ1n) is 9.67. The summed E-state index contributed by atoms with van der Waals surface area (Å²) >= 11 is 0. The van der Waals surface area contributed by atoms with Crippen LogP contribution in [0.15, 0.2) is 0 Å². The second-order valence-electron chi connectivity index (χ2n) is 9.23. The lowest BCUT2D eigenvalue weighted by Crippen LogP contribution is -2.35. The molecule has 0 radical (unpaired) electrons. The Morgan fingerprint density at radius 3 is 0.762 bits per heavy atom. The largest absolute Gasteiger partial charge is 0.0628 e. The van der Waals surface area contributed by atoms with Gasteiger partial charge in [0.15, 0.2) is 0 Å². The molecule has 0 nitrogen and oxygen atoms in total. The Hall–Kier alpha value is 0.217. The third kappa shape index (κ3) is 11.4. The van der Waals surface area contributed by atoms with E-state index in [2.05, 4.69) is 55.4 Å². The SMILES string of the molecule is CC(C)CC[Si](CCC(C)C)(CCC(C)C)CCC(C)C. The van der Waals surface area contributed by atoms with Crippen molar-refractivity contribution < 1.29 is 0 Å². The fraction of sp³-hybridized carbons (Fsp3) is 1.00. The van der Waals surface area contributed by atoms with Gasteiger partial charge in [-0.3, -0.25) is 0 Å². The normalized spacial score (nSPS) is 13.1. The summed E-state index contributed by atoms with van der Waals surface area (Å²) in [7, 11) is -1.05. The highest BCUT2D eigenvalue weighted by atomic mass is 28.3. The van der Waals surface area contributed by atoms with E-state index in [1.807, 2.05) is 0 Å². The van der Waals surface area contributed by atoms with Crippen LogP contribution in [-0.4, -0.2) is 8.07 Å². The van der Waals surface area contributed by atoms with Gasteiger partial charge in [-0.1, -0.05) is 105 Å². The molecule has 0 aliphatic rings. The van der Waals surface area contributed by atoms with Crippen molar-refractivity contribution in [2.75, 3.05) is 0 Å². The van der Waals surface area contributed by atoms with Gasteiger partial charge in [0.1, 0.15) is 0 Å². The first-order valence-corrected chi connectivity index (χ1v) is 12.5. The summed E-state index contributed by atoms with van der Waals surface area (Å²) in [5.74, 6) is 3.53. The number of hydrogen-bond donors (Lipinski definition) is 0. The molecular weight excluding hydrogens is 268 g/mol. The zero-order valence-corrected chi connectivity index (χ0v) is 17.5. The van der Waals surface area contributed by atoms with Crippen LogP contribution in [0.4, 0.5) is 0 Å². The highest BCUT2D eigenvalue weighted by Gasteiger charge is 2.32. The Morgan fingerprint density at radius 2 is 0.619 bits per heavy atom.